The van der Waals surface area contributed by atoms with E-state index in [-0.39, 0.29) is 26.2 Å². The number of allylic oxidation sites excluding steroid dienone is 8. The summed E-state index contributed by atoms with van der Waals surface area (Å²) in [5, 5.41) is 0. The normalized spacial score (nSPS) is 15.8. The average Bonchev–Trinajstić information content (AvgIpc) is 2.96. The van der Waals surface area contributed by atoms with Gasteiger partial charge in [0.2, 0.25) is 0 Å². The smallest absolute Gasteiger partial charge is 0.773 e. The summed E-state index contributed by atoms with van der Waals surface area (Å²) < 4.78 is 36.0. The Morgan fingerprint density at radius 3 is 1.21 bits per heavy atom. The molecule has 2 aliphatic carbocycles. The van der Waals surface area contributed by atoms with Crippen LogP contribution in [0.4, 0.5) is 0 Å². The van der Waals surface area contributed by atoms with Crippen molar-refractivity contribution in [3.8, 4) is 0 Å². The van der Waals surface area contributed by atoms with E-state index in [1.54, 1.807) is 0 Å². The van der Waals surface area contributed by atoms with Crippen molar-refractivity contribution in [1.82, 2.24) is 0 Å². The van der Waals surface area contributed by atoms with Crippen LogP contribution in [0.3, 0.4) is 0 Å². The third kappa shape index (κ3) is 46.0. The second-order valence-corrected chi connectivity index (χ2v) is 4.41. The maximum Gasteiger partial charge on any atom is 4.00 e. The van der Waals surface area contributed by atoms with Crippen molar-refractivity contribution in [3.63, 3.8) is 0 Å². The van der Waals surface area contributed by atoms with E-state index in [9.17, 15) is 0 Å². The van der Waals surface area contributed by atoms with Crippen molar-refractivity contribution < 1.29 is 43.7 Å². The minimum atomic E-state index is -1.86. The van der Waals surface area contributed by atoms with Gasteiger partial charge in [0.25, 0.3) is 0 Å². The zero-order valence-corrected chi connectivity index (χ0v) is 14.9. The van der Waals surface area contributed by atoms with Crippen LogP contribution in [0.5, 0.6) is 0 Å². The van der Waals surface area contributed by atoms with Crippen molar-refractivity contribution in [2.75, 3.05) is 12.5 Å². The molecule has 104 valence electrons. The Morgan fingerprint density at radius 2 is 1.16 bits per heavy atom. The third-order valence-corrected chi connectivity index (χ3v) is 1.17. The summed E-state index contributed by atoms with van der Waals surface area (Å²) >= 11 is -3.72. The summed E-state index contributed by atoms with van der Waals surface area (Å²) in [5.41, 5.74) is 0. The van der Waals surface area contributed by atoms with E-state index >= 15 is 0 Å². The molecule has 0 spiro atoms. The molecule has 7 heteroatoms. The van der Waals surface area contributed by atoms with Gasteiger partial charge in [-0.25, -0.2) is 24.3 Å². The largest absolute Gasteiger partial charge is 4.00 e. The molecule has 4 nitrogen and oxygen atoms in total. The summed E-state index contributed by atoms with van der Waals surface area (Å²) in [4.78, 5) is 0. The first-order chi connectivity index (χ1) is 8.46. The van der Waals surface area contributed by atoms with E-state index in [0.717, 1.165) is 25.4 Å². The number of hydrogen-bond donors (Lipinski definition) is 0. The molecule has 0 bridgehead atoms. The maximum absolute atomic E-state index is 9.00. The van der Waals surface area contributed by atoms with E-state index in [1.165, 1.54) is 0 Å². The van der Waals surface area contributed by atoms with Crippen molar-refractivity contribution in [2.24, 2.45) is 0 Å². The zero-order valence-electron chi connectivity index (χ0n) is 10.8. The topological polar surface area (TPSA) is 80.3 Å². The second kappa shape index (κ2) is 20.4. The molecule has 0 aromatic carbocycles. The minimum Gasteiger partial charge on any atom is -0.773 e. The van der Waals surface area contributed by atoms with Gasteiger partial charge in [-0.3, -0.25) is 20.6 Å². The van der Waals surface area contributed by atoms with Gasteiger partial charge in [-0.2, -0.15) is 12.2 Å². The fraction of sp³-hybridized carbons (Fsp3) is 0.333. The molecule has 2 unspecified atom stereocenters. The van der Waals surface area contributed by atoms with Gasteiger partial charge in [0, 0.05) is 0 Å². The Balaban J connectivity index is -0.000000178. The van der Waals surface area contributed by atoms with Crippen LogP contribution < -0.4 is 0 Å². The summed E-state index contributed by atoms with van der Waals surface area (Å²) in [5.74, 6) is 0. The quantitative estimate of drug-likeness (QED) is 0.473. The van der Waals surface area contributed by atoms with Crippen LogP contribution in [0.25, 0.3) is 0 Å². The summed E-state index contributed by atoms with van der Waals surface area (Å²) in [6.07, 6.45) is 22.2. The zero-order chi connectivity index (χ0) is 14.2. The molecule has 0 saturated heterocycles. The summed E-state index contributed by atoms with van der Waals surface area (Å²) in [6, 6.07) is 0. The van der Waals surface area contributed by atoms with Crippen LogP contribution in [-0.2, 0) is 48.4 Å². The molecule has 0 heterocycles. The maximum atomic E-state index is 9.00. The fourth-order valence-electron chi connectivity index (χ4n) is 0.680. The Bertz CT molecular complexity index is 288. The first-order valence-electron chi connectivity index (χ1n) is 4.92. The van der Waals surface area contributed by atoms with Gasteiger partial charge in [-0.1, -0.05) is 22.2 Å². The van der Waals surface area contributed by atoms with E-state index in [4.69, 9.17) is 17.5 Å². The van der Waals surface area contributed by atoms with E-state index < -0.39 is 22.2 Å². The number of rotatable bonds is 0. The molecular formula is C12H16O4S2Zr. The standard InChI is InChI=1S/2C5H5.2CH4O2S.Zr/c2*1-2-4-5-3-1;2*1-4(2)3;/h2*1-3H,4H2;2*1H3,(H,2,3);/q2*-1;;;+4/p-2. The minimum absolute atomic E-state index is 0. The van der Waals surface area contributed by atoms with E-state index in [1.807, 2.05) is 24.3 Å². The van der Waals surface area contributed by atoms with Crippen molar-refractivity contribution in [1.29, 1.82) is 0 Å². The Labute approximate surface area is 139 Å². The van der Waals surface area contributed by atoms with Gasteiger partial charge in [-0.05, 0) is 12.5 Å². The number of hydrogen-bond acceptors (Lipinski definition) is 4. The summed E-state index contributed by atoms with van der Waals surface area (Å²) in [6.45, 7) is 0. The molecule has 0 radical (unpaired) electrons. The van der Waals surface area contributed by atoms with Crippen LogP contribution in [0.2, 0.25) is 0 Å². The molecule has 0 N–H and O–H groups in total. The predicted octanol–water partition coefficient (Wildman–Crippen LogP) is 1.60. The molecule has 2 aliphatic rings. The Hall–Kier alpha value is 0.0631. The van der Waals surface area contributed by atoms with Crippen LogP contribution in [0.15, 0.2) is 36.5 Å². The molecule has 2 rings (SSSR count). The van der Waals surface area contributed by atoms with Crippen molar-refractivity contribution >= 4 is 22.2 Å². The van der Waals surface area contributed by atoms with Crippen LogP contribution in [0.1, 0.15) is 12.8 Å². The third-order valence-electron chi connectivity index (χ3n) is 1.17. The first kappa shape index (κ1) is 24.1. The molecule has 0 fully saturated rings. The van der Waals surface area contributed by atoms with Crippen LogP contribution >= 0.6 is 0 Å². The predicted molar refractivity (Wildman–Crippen MR) is 72.8 cm³/mol. The molecule has 0 saturated carbocycles. The summed E-state index contributed by atoms with van der Waals surface area (Å²) in [7, 11) is 0. The monoisotopic (exact) mass is 378 g/mol. The molecule has 19 heavy (non-hydrogen) atoms. The van der Waals surface area contributed by atoms with E-state index in [0.29, 0.717) is 0 Å². The average molecular weight is 380 g/mol. The van der Waals surface area contributed by atoms with Crippen LogP contribution in [-0.4, -0.2) is 30.0 Å². The van der Waals surface area contributed by atoms with Crippen LogP contribution in [0, 0.1) is 12.2 Å². The van der Waals surface area contributed by atoms with Gasteiger partial charge in [0.05, 0.1) is 0 Å². The molecule has 0 amide bonds. The first-order valence-corrected chi connectivity index (χ1v) is 7.88. The molecule has 2 atom stereocenters. The second-order valence-electron chi connectivity index (χ2n) is 2.81. The van der Waals surface area contributed by atoms with Crippen molar-refractivity contribution in [3.05, 3.63) is 48.6 Å². The van der Waals surface area contributed by atoms with Gasteiger partial charge in [0.1, 0.15) is 0 Å². The molecular weight excluding hydrogens is 363 g/mol. The van der Waals surface area contributed by atoms with Gasteiger partial charge in [0.15, 0.2) is 0 Å². The van der Waals surface area contributed by atoms with E-state index in [2.05, 4.69) is 24.3 Å². The molecule has 0 aliphatic heterocycles. The fourth-order valence-corrected chi connectivity index (χ4v) is 0.680. The van der Waals surface area contributed by atoms with Gasteiger partial charge in [-0.15, -0.1) is 12.8 Å². The molecule has 0 aromatic rings. The van der Waals surface area contributed by atoms with Gasteiger partial charge >= 0.3 is 26.2 Å². The Kier molecular flexibility index (Phi) is 25.9. The SMILES string of the molecule is CS(=O)[O-].CS(=O)[O-].[C-]1=CC=CC1.[C-]1=CC=CC1.[Zr+4]. The Morgan fingerprint density at radius 1 is 0.895 bits per heavy atom. The molecule has 0 aromatic heterocycles. The van der Waals surface area contributed by atoms with Gasteiger partial charge < -0.3 is 9.11 Å². The van der Waals surface area contributed by atoms with Crippen molar-refractivity contribution in [2.45, 2.75) is 12.8 Å².